The maximum Gasteiger partial charge on any atom is 0.323 e. The lowest BCUT2D eigenvalue weighted by Gasteiger charge is -2.10. The molecule has 1 fully saturated rings. The molecule has 0 aromatic rings. The predicted octanol–water partition coefficient (Wildman–Crippen LogP) is 0.0242. The molecule has 0 aliphatic carbocycles. The normalized spacial score (nSPS) is 31.9. The van der Waals surface area contributed by atoms with Crippen molar-refractivity contribution in [2.45, 2.75) is 13.3 Å². The molecule has 0 unspecified atom stereocenters. The van der Waals surface area contributed by atoms with Crippen LogP contribution in [-0.4, -0.2) is 23.7 Å². The van der Waals surface area contributed by atoms with Gasteiger partial charge in [0.1, 0.15) is 0 Å². The molecule has 0 aromatic heterocycles. The first kappa shape index (κ1) is 7.05. The van der Waals surface area contributed by atoms with Gasteiger partial charge in [-0.2, -0.15) is 0 Å². The number of carboxylic acid groups (broad SMARTS) is 1. The average Bonchev–Trinajstić information content (AvgIpc) is 2.15. The number of hydrogen-bond donors (Lipinski definition) is 1. The number of carbonyl (C=O) groups is 2. The molecule has 4 heteroatoms. The molecule has 1 aliphatic heterocycles. The number of esters is 1. The summed E-state index contributed by atoms with van der Waals surface area (Å²) in [6.45, 7) is 1.60. The number of carbonyl (C=O) groups excluding carboxylic acids is 1. The topological polar surface area (TPSA) is 63.6 Å². The van der Waals surface area contributed by atoms with E-state index in [-0.39, 0.29) is 13.0 Å². The fourth-order valence-corrected chi connectivity index (χ4v) is 0.803. The van der Waals surface area contributed by atoms with Crippen LogP contribution in [0.2, 0.25) is 0 Å². The van der Waals surface area contributed by atoms with Gasteiger partial charge in [-0.1, -0.05) is 0 Å². The van der Waals surface area contributed by atoms with Crippen LogP contribution in [0.1, 0.15) is 13.3 Å². The quantitative estimate of drug-likeness (QED) is 0.416. The maximum absolute atomic E-state index is 10.7. The van der Waals surface area contributed by atoms with Crippen LogP contribution in [0.15, 0.2) is 0 Å². The highest BCUT2D eigenvalue weighted by Gasteiger charge is 2.47. The van der Waals surface area contributed by atoms with Crippen LogP contribution in [-0.2, 0) is 14.3 Å². The van der Waals surface area contributed by atoms with E-state index in [0.29, 0.717) is 0 Å². The van der Waals surface area contributed by atoms with Gasteiger partial charge >= 0.3 is 11.9 Å². The van der Waals surface area contributed by atoms with E-state index in [1.807, 2.05) is 0 Å². The van der Waals surface area contributed by atoms with Gasteiger partial charge in [0.15, 0.2) is 5.41 Å². The summed E-state index contributed by atoms with van der Waals surface area (Å²) in [6.07, 6.45) is 0.279. The van der Waals surface area contributed by atoms with Crippen molar-refractivity contribution in [3.8, 4) is 0 Å². The second-order valence-electron chi connectivity index (χ2n) is 2.52. The molecule has 0 amide bonds. The molecule has 0 spiro atoms. The summed E-state index contributed by atoms with van der Waals surface area (Å²) in [5.74, 6) is -1.73. The van der Waals surface area contributed by atoms with Gasteiger partial charge in [-0.25, -0.2) is 0 Å². The van der Waals surface area contributed by atoms with Gasteiger partial charge in [0.05, 0.1) is 6.61 Å². The van der Waals surface area contributed by atoms with E-state index in [4.69, 9.17) is 5.11 Å². The van der Waals surface area contributed by atoms with Gasteiger partial charge in [0, 0.05) is 6.42 Å². The monoisotopic (exact) mass is 144 g/mol. The predicted molar refractivity (Wildman–Crippen MR) is 31.3 cm³/mol. The Morgan fingerprint density at radius 1 is 1.80 bits per heavy atom. The van der Waals surface area contributed by atoms with Crippen molar-refractivity contribution in [1.29, 1.82) is 0 Å². The molecule has 0 bridgehead atoms. The molecule has 0 aromatic carbocycles. The number of rotatable bonds is 1. The van der Waals surface area contributed by atoms with Gasteiger partial charge in [0.2, 0.25) is 0 Å². The van der Waals surface area contributed by atoms with Crippen molar-refractivity contribution < 1.29 is 19.4 Å². The Morgan fingerprint density at radius 2 is 2.40 bits per heavy atom. The Balaban J connectivity index is 2.86. The highest BCUT2D eigenvalue weighted by molar-refractivity contribution is 5.99. The Kier molecular flexibility index (Phi) is 1.39. The van der Waals surface area contributed by atoms with Crippen LogP contribution in [0.3, 0.4) is 0 Å². The second-order valence-corrected chi connectivity index (χ2v) is 2.52. The molecule has 0 radical (unpaired) electrons. The molecule has 56 valence electrons. The molecule has 4 nitrogen and oxygen atoms in total. The second kappa shape index (κ2) is 1.97. The number of ether oxygens (including phenoxy) is 1. The van der Waals surface area contributed by atoms with Crippen LogP contribution in [0, 0.1) is 5.41 Å². The van der Waals surface area contributed by atoms with Gasteiger partial charge in [-0.15, -0.1) is 0 Å². The largest absolute Gasteiger partial charge is 0.480 e. The molecule has 1 rings (SSSR count). The van der Waals surface area contributed by atoms with E-state index in [2.05, 4.69) is 4.74 Å². The summed E-state index contributed by atoms with van der Waals surface area (Å²) in [6, 6.07) is 0. The first-order chi connectivity index (χ1) is 4.57. The van der Waals surface area contributed by atoms with Crippen molar-refractivity contribution in [1.82, 2.24) is 0 Å². The number of aliphatic carboxylic acids is 1. The Bertz CT molecular complexity index is 186. The molecule has 0 saturated carbocycles. The average molecular weight is 144 g/mol. The molecule has 1 atom stereocenters. The van der Waals surface area contributed by atoms with Crippen molar-refractivity contribution in [2.75, 3.05) is 6.61 Å². The molecule has 1 saturated heterocycles. The first-order valence-electron chi connectivity index (χ1n) is 2.98. The first-order valence-corrected chi connectivity index (χ1v) is 2.98. The summed E-state index contributed by atoms with van der Waals surface area (Å²) in [4.78, 5) is 21.2. The van der Waals surface area contributed by atoms with Crippen molar-refractivity contribution in [2.24, 2.45) is 5.41 Å². The van der Waals surface area contributed by atoms with Crippen LogP contribution in [0.4, 0.5) is 0 Å². The van der Waals surface area contributed by atoms with E-state index in [9.17, 15) is 9.59 Å². The lowest BCUT2D eigenvalue weighted by atomic mass is 9.90. The van der Waals surface area contributed by atoms with Crippen LogP contribution in [0.5, 0.6) is 0 Å². The van der Waals surface area contributed by atoms with Gasteiger partial charge in [0.25, 0.3) is 0 Å². The lowest BCUT2D eigenvalue weighted by molar-refractivity contribution is -0.159. The number of hydrogen-bond acceptors (Lipinski definition) is 3. The third-order valence-electron chi connectivity index (χ3n) is 1.76. The molecule has 10 heavy (non-hydrogen) atoms. The van der Waals surface area contributed by atoms with E-state index >= 15 is 0 Å². The van der Waals surface area contributed by atoms with Gasteiger partial charge < -0.3 is 9.84 Å². The van der Waals surface area contributed by atoms with E-state index in [1.165, 1.54) is 6.92 Å². The Labute approximate surface area is 57.8 Å². The highest BCUT2D eigenvalue weighted by Crippen LogP contribution is 2.29. The standard InChI is InChI=1S/C6H8O4/c1-6(4(7)8)2-3-10-5(6)9/h2-3H2,1H3,(H,7,8)/t6-/m0/s1. The number of carboxylic acids is 1. The Morgan fingerprint density at radius 3 is 2.60 bits per heavy atom. The summed E-state index contributed by atoms with van der Waals surface area (Å²) < 4.78 is 4.51. The van der Waals surface area contributed by atoms with E-state index in [1.54, 1.807) is 0 Å². The minimum atomic E-state index is -1.29. The fourth-order valence-electron chi connectivity index (χ4n) is 0.803. The zero-order chi connectivity index (χ0) is 7.78. The Hall–Kier alpha value is -1.06. The maximum atomic E-state index is 10.7. The highest BCUT2D eigenvalue weighted by atomic mass is 16.5. The molecule has 1 aliphatic rings. The summed E-state index contributed by atoms with van der Waals surface area (Å²) in [5.41, 5.74) is -1.29. The van der Waals surface area contributed by atoms with Crippen molar-refractivity contribution in [3.05, 3.63) is 0 Å². The number of cyclic esters (lactones) is 1. The SMILES string of the molecule is C[C@@]1(C(=O)O)CCOC1=O. The van der Waals surface area contributed by atoms with Gasteiger partial charge in [-0.3, -0.25) is 9.59 Å². The fraction of sp³-hybridized carbons (Fsp3) is 0.667. The van der Waals surface area contributed by atoms with Crippen LogP contribution >= 0.6 is 0 Å². The third-order valence-corrected chi connectivity index (χ3v) is 1.76. The van der Waals surface area contributed by atoms with E-state index < -0.39 is 17.4 Å². The van der Waals surface area contributed by atoms with Gasteiger partial charge in [-0.05, 0) is 6.92 Å². The zero-order valence-corrected chi connectivity index (χ0v) is 5.59. The lowest BCUT2D eigenvalue weighted by Crippen LogP contribution is -2.31. The van der Waals surface area contributed by atoms with Crippen molar-refractivity contribution >= 4 is 11.9 Å². The molecular weight excluding hydrogens is 136 g/mol. The smallest absolute Gasteiger partial charge is 0.323 e. The third kappa shape index (κ3) is 0.761. The molecular formula is C6H8O4. The summed E-state index contributed by atoms with van der Waals surface area (Å²) in [7, 11) is 0. The summed E-state index contributed by atoms with van der Waals surface area (Å²) >= 11 is 0. The minimum Gasteiger partial charge on any atom is -0.480 e. The van der Waals surface area contributed by atoms with Crippen LogP contribution in [0.25, 0.3) is 0 Å². The minimum absolute atomic E-state index is 0.224. The summed E-state index contributed by atoms with van der Waals surface area (Å²) in [5, 5.41) is 8.54. The zero-order valence-electron chi connectivity index (χ0n) is 5.59. The molecule has 1 heterocycles. The van der Waals surface area contributed by atoms with Crippen LogP contribution < -0.4 is 0 Å². The molecule has 1 N–H and O–H groups in total. The van der Waals surface area contributed by atoms with E-state index in [0.717, 1.165) is 0 Å². The van der Waals surface area contributed by atoms with Crippen molar-refractivity contribution in [3.63, 3.8) is 0 Å².